The Morgan fingerprint density at radius 3 is 1.47 bits per heavy atom. The number of rotatable bonds is 13. The summed E-state index contributed by atoms with van der Waals surface area (Å²) < 4.78 is 0. The molecule has 0 spiro atoms. The first-order valence-electron chi connectivity index (χ1n) is 17.5. The van der Waals surface area contributed by atoms with Crippen LogP contribution in [0.25, 0.3) is 0 Å². The Kier molecular flexibility index (Phi) is 11.1. The highest BCUT2D eigenvalue weighted by Gasteiger charge is 2.38. The van der Waals surface area contributed by atoms with Crippen molar-refractivity contribution in [2.24, 2.45) is 0 Å². The lowest BCUT2D eigenvalue weighted by Gasteiger charge is -2.38. The molecule has 2 fully saturated rings. The molecule has 0 saturated heterocycles. The van der Waals surface area contributed by atoms with Crippen molar-refractivity contribution in [1.82, 2.24) is 0 Å². The fourth-order valence-corrected chi connectivity index (χ4v) is 8.15. The lowest BCUT2D eigenvalue weighted by Crippen LogP contribution is -2.30. The molecule has 0 atom stereocenters. The van der Waals surface area contributed by atoms with Gasteiger partial charge in [0.15, 0.2) is 0 Å². The maximum Gasteiger partial charge on any atom is 0.119 e. The van der Waals surface area contributed by atoms with Crippen molar-refractivity contribution in [3.05, 3.63) is 88.5 Å². The van der Waals surface area contributed by atoms with Crippen LogP contribution < -0.4 is 0 Å². The summed E-state index contributed by atoms with van der Waals surface area (Å²) in [6.07, 6.45) is 21.6. The van der Waals surface area contributed by atoms with Crippen LogP contribution in [0, 0.1) is 0 Å². The van der Waals surface area contributed by atoms with E-state index in [4.69, 9.17) is 0 Å². The van der Waals surface area contributed by atoms with Crippen LogP contribution in [0.1, 0.15) is 162 Å². The summed E-state index contributed by atoms with van der Waals surface area (Å²) in [5.74, 6) is 1.89. The Bertz CT molecular complexity index is 1210. The van der Waals surface area contributed by atoms with Gasteiger partial charge in [0.2, 0.25) is 0 Å². The number of benzene rings is 3. The molecule has 0 aliphatic heterocycles. The Labute approximate surface area is 260 Å². The molecule has 2 aliphatic carbocycles. The van der Waals surface area contributed by atoms with Crippen molar-refractivity contribution in [1.29, 1.82) is 0 Å². The first kappa shape index (κ1) is 31.5. The van der Waals surface area contributed by atoms with E-state index in [1.807, 2.05) is 24.3 Å². The van der Waals surface area contributed by atoms with E-state index in [1.54, 1.807) is 0 Å². The van der Waals surface area contributed by atoms with Gasteiger partial charge >= 0.3 is 0 Å². The lowest BCUT2D eigenvalue weighted by atomic mass is 9.65. The molecule has 3 heteroatoms. The van der Waals surface area contributed by atoms with Crippen LogP contribution in [0.15, 0.2) is 60.7 Å². The third-order valence-corrected chi connectivity index (χ3v) is 10.6. The van der Waals surface area contributed by atoms with Gasteiger partial charge in [0, 0.05) is 5.41 Å². The molecular weight excluding hydrogens is 528 g/mol. The molecule has 0 aromatic heterocycles. The fraction of sp³-hybridized carbons (Fsp3) is 0.550. The van der Waals surface area contributed by atoms with E-state index >= 15 is 0 Å². The average molecular weight is 583 g/mol. The van der Waals surface area contributed by atoms with Gasteiger partial charge in [-0.05, 0) is 96.0 Å². The number of hydrogen-bond donors (Lipinski definition) is 3. The third kappa shape index (κ3) is 7.41. The molecule has 3 aromatic carbocycles. The highest BCUT2D eigenvalue weighted by atomic mass is 16.3. The molecule has 0 heterocycles. The van der Waals surface area contributed by atoms with E-state index in [2.05, 4.69) is 43.3 Å². The molecule has 0 radical (unpaired) electrons. The van der Waals surface area contributed by atoms with Crippen LogP contribution >= 0.6 is 0 Å². The lowest BCUT2D eigenvalue weighted by molar-refractivity contribution is 0.411. The van der Waals surface area contributed by atoms with Gasteiger partial charge in [-0.25, -0.2) is 0 Å². The number of phenolic OH excluding ortho intramolecular Hbond substituents is 3. The monoisotopic (exact) mass is 582 g/mol. The van der Waals surface area contributed by atoms with Crippen LogP contribution in [-0.4, -0.2) is 15.3 Å². The summed E-state index contributed by atoms with van der Waals surface area (Å²) in [7, 11) is 0. The molecule has 0 amide bonds. The highest BCUT2D eigenvalue weighted by molar-refractivity contribution is 5.56. The van der Waals surface area contributed by atoms with Crippen molar-refractivity contribution < 1.29 is 15.3 Å². The van der Waals surface area contributed by atoms with E-state index in [1.165, 1.54) is 88.2 Å². The highest BCUT2D eigenvalue weighted by Crippen LogP contribution is 2.49. The molecule has 43 heavy (non-hydrogen) atoms. The van der Waals surface area contributed by atoms with E-state index in [9.17, 15) is 15.3 Å². The van der Waals surface area contributed by atoms with Crippen molar-refractivity contribution in [2.45, 2.75) is 140 Å². The summed E-state index contributed by atoms with van der Waals surface area (Å²) >= 11 is 0. The van der Waals surface area contributed by atoms with E-state index < -0.39 is 5.41 Å². The molecule has 5 rings (SSSR count). The summed E-state index contributed by atoms with van der Waals surface area (Å²) in [6.45, 7) is 2.27. The molecule has 0 unspecified atom stereocenters. The maximum atomic E-state index is 11.1. The normalized spacial score (nSPS) is 16.9. The molecule has 232 valence electrons. The first-order chi connectivity index (χ1) is 21.0. The van der Waals surface area contributed by atoms with Gasteiger partial charge in [0.05, 0.1) is 0 Å². The quantitative estimate of drug-likeness (QED) is 0.139. The van der Waals surface area contributed by atoms with Crippen LogP contribution in [0.3, 0.4) is 0 Å². The van der Waals surface area contributed by atoms with Crippen LogP contribution in [0.4, 0.5) is 0 Å². The van der Waals surface area contributed by atoms with Gasteiger partial charge < -0.3 is 15.3 Å². The second-order valence-corrected chi connectivity index (χ2v) is 13.5. The first-order valence-corrected chi connectivity index (χ1v) is 17.5. The Morgan fingerprint density at radius 1 is 0.535 bits per heavy atom. The molecular formula is C40H54O3. The van der Waals surface area contributed by atoms with E-state index in [-0.39, 0.29) is 5.75 Å². The van der Waals surface area contributed by atoms with E-state index in [0.717, 1.165) is 55.2 Å². The third-order valence-electron chi connectivity index (χ3n) is 10.6. The molecule has 2 saturated carbocycles. The fourth-order valence-electron chi connectivity index (χ4n) is 8.15. The SMILES string of the molecule is CCCCCCCCCC(c1ccc(O)cc1)(c1ccc(O)c(C2CCCCC2)c1)c1ccc(O)c(C2CCCCC2)c1. The van der Waals surface area contributed by atoms with Crippen LogP contribution in [0.2, 0.25) is 0 Å². The van der Waals surface area contributed by atoms with Crippen molar-refractivity contribution >= 4 is 0 Å². The largest absolute Gasteiger partial charge is 0.508 e. The molecule has 3 nitrogen and oxygen atoms in total. The topological polar surface area (TPSA) is 60.7 Å². The summed E-state index contributed by atoms with van der Waals surface area (Å²) in [5, 5.41) is 32.6. The van der Waals surface area contributed by atoms with Crippen molar-refractivity contribution in [3.63, 3.8) is 0 Å². The number of unbranched alkanes of at least 4 members (excludes halogenated alkanes) is 6. The maximum absolute atomic E-state index is 11.1. The standard InChI is InChI=1S/C40H54O3/c1-2-3-4-5-6-7-14-27-40(32-19-23-35(41)24-20-32,33-21-25-38(42)36(28-33)30-15-10-8-11-16-30)34-22-26-39(43)37(29-34)31-17-12-9-13-18-31/h19-26,28-31,41-43H,2-18,27H2,1H3. The minimum atomic E-state index is -0.453. The number of phenols is 3. The number of hydrogen-bond acceptors (Lipinski definition) is 3. The van der Waals surface area contributed by atoms with Gasteiger partial charge in [-0.2, -0.15) is 0 Å². The summed E-state index contributed by atoms with van der Waals surface area (Å²) in [5.41, 5.74) is 5.31. The van der Waals surface area contributed by atoms with Gasteiger partial charge in [0.25, 0.3) is 0 Å². The van der Waals surface area contributed by atoms with E-state index in [0.29, 0.717) is 23.3 Å². The van der Waals surface area contributed by atoms with Crippen LogP contribution in [-0.2, 0) is 5.41 Å². The smallest absolute Gasteiger partial charge is 0.119 e. The van der Waals surface area contributed by atoms with Gasteiger partial charge in [0.1, 0.15) is 17.2 Å². The zero-order valence-corrected chi connectivity index (χ0v) is 26.5. The Morgan fingerprint density at radius 2 is 0.977 bits per heavy atom. The minimum absolute atomic E-state index is 0.274. The Balaban J connectivity index is 1.62. The predicted octanol–water partition coefficient (Wildman–Crippen LogP) is 11.4. The van der Waals surface area contributed by atoms with Crippen molar-refractivity contribution in [3.8, 4) is 17.2 Å². The summed E-state index contributed by atoms with van der Waals surface area (Å²) in [4.78, 5) is 0. The number of aromatic hydroxyl groups is 3. The van der Waals surface area contributed by atoms with Crippen molar-refractivity contribution in [2.75, 3.05) is 0 Å². The van der Waals surface area contributed by atoms with Gasteiger partial charge in [-0.15, -0.1) is 0 Å². The van der Waals surface area contributed by atoms with Crippen LogP contribution in [0.5, 0.6) is 17.2 Å². The van der Waals surface area contributed by atoms with Gasteiger partial charge in [-0.1, -0.05) is 127 Å². The summed E-state index contributed by atoms with van der Waals surface area (Å²) in [6, 6.07) is 20.6. The molecule has 2 aliphatic rings. The predicted molar refractivity (Wildman–Crippen MR) is 178 cm³/mol. The zero-order chi connectivity index (χ0) is 30.1. The minimum Gasteiger partial charge on any atom is -0.508 e. The Hall–Kier alpha value is -2.94. The van der Waals surface area contributed by atoms with Gasteiger partial charge in [-0.3, -0.25) is 0 Å². The zero-order valence-electron chi connectivity index (χ0n) is 26.5. The second-order valence-electron chi connectivity index (χ2n) is 13.5. The second kappa shape index (κ2) is 15.2. The molecule has 0 bridgehead atoms. The average Bonchev–Trinajstić information content (AvgIpc) is 3.05. The molecule has 3 aromatic rings. The molecule has 3 N–H and O–H groups in total.